The number of aliphatic hydroxyl groups excluding tert-OH is 1. The van der Waals surface area contributed by atoms with Crippen molar-refractivity contribution in [3.8, 4) is 5.75 Å². The van der Waals surface area contributed by atoms with E-state index in [4.69, 9.17) is 4.74 Å². The molecule has 0 bridgehead atoms. The Hall–Kier alpha value is -4.16. The number of hydrogen-bond acceptors (Lipinski definition) is 8. The molecule has 0 saturated carbocycles. The molecule has 2 aromatic carbocycles. The number of rotatable bonds is 7. The van der Waals surface area contributed by atoms with Gasteiger partial charge in [-0.3, -0.25) is 14.4 Å². The largest absolute Gasteiger partial charge is 0.494 e. The summed E-state index contributed by atoms with van der Waals surface area (Å²) in [6.07, 6.45) is 7.90. The van der Waals surface area contributed by atoms with E-state index < -0.39 is 28.7 Å². The van der Waals surface area contributed by atoms with E-state index in [2.05, 4.69) is 10.3 Å². The van der Waals surface area contributed by atoms with Gasteiger partial charge < -0.3 is 24.5 Å². The zero-order chi connectivity index (χ0) is 30.6. The SMILES string of the molecule is CCOc1ccc(N2CC=C[C@@H]3S[C@]45C=CCN(Cn6nnc7ccccc76)C(=O)C4N([C@H](C)CO)C(=O)[C@@H]5[C@@H]3C2=O)cc1. The normalized spacial score (nSPS) is 28.6. The maximum atomic E-state index is 14.5. The van der Waals surface area contributed by atoms with E-state index in [1.165, 1.54) is 16.7 Å². The average molecular weight is 615 g/mol. The van der Waals surface area contributed by atoms with Crippen LogP contribution in [0, 0.1) is 11.8 Å². The minimum Gasteiger partial charge on any atom is -0.494 e. The second-order valence-electron chi connectivity index (χ2n) is 11.6. The Kier molecular flexibility index (Phi) is 7.20. The minimum absolute atomic E-state index is 0.151. The second kappa shape index (κ2) is 11.1. The molecule has 12 heteroatoms. The number of fused-ring (bicyclic) bond motifs is 3. The molecule has 1 aromatic heterocycles. The van der Waals surface area contributed by atoms with E-state index in [0.29, 0.717) is 19.7 Å². The zero-order valence-corrected chi connectivity index (χ0v) is 25.3. The fourth-order valence-corrected chi connectivity index (χ4v) is 9.11. The van der Waals surface area contributed by atoms with Crippen LogP contribution in [0.1, 0.15) is 13.8 Å². The van der Waals surface area contributed by atoms with Gasteiger partial charge >= 0.3 is 0 Å². The summed E-state index contributed by atoms with van der Waals surface area (Å²) in [5.41, 5.74) is 2.24. The summed E-state index contributed by atoms with van der Waals surface area (Å²) < 4.78 is 6.29. The van der Waals surface area contributed by atoms with E-state index in [9.17, 15) is 19.5 Å². The molecule has 0 aliphatic carbocycles. The molecular weight excluding hydrogens is 580 g/mol. The van der Waals surface area contributed by atoms with Crippen LogP contribution in [0.3, 0.4) is 0 Å². The van der Waals surface area contributed by atoms with E-state index in [1.807, 2.05) is 79.8 Å². The molecule has 1 N–H and O–H groups in total. The molecule has 44 heavy (non-hydrogen) atoms. The van der Waals surface area contributed by atoms with Crippen LogP contribution in [0.15, 0.2) is 72.8 Å². The maximum absolute atomic E-state index is 14.5. The fraction of sp³-hybridized carbons (Fsp3) is 0.406. The lowest BCUT2D eigenvalue weighted by molar-refractivity contribution is -0.146. The predicted molar refractivity (Wildman–Crippen MR) is 166 cm³/mol. The number of hydrogen-bond donors (Lipinski definition) is 1. The van der Waals surface area contributed by atoms with Crippen LogP contribution in [-0.2, 0) is 21.1 Å². The highest BCUT2D eigenvalue weighted by Gasteiger charge is 2.71. The summed E-state index contributed by atoms with van der Waals surface area (Å²) >= 11 is 1.52. The highest BCUT2D eigenvalue weighted by atomic mass is 32.2. The molecule has 228 valence electrons. The molecule has 3 aromatic rings. The molecule has 2 saturated heterocycles. The molecule has 5 heterocycles. The number of ether oxygens (including phenoxy) is 1. The smallest absolute Gasteiger partial charge is 0.248 e. The monoisotopic (exact) mass is 614 g/mol. The lowest BCUT2D eigenvalue weighted by Crippen LogP contribution is -2.56. The van der Waals surface area contributed by atoms with Crippen molar-refractivity contribution >= 4 is 46.2 Å². The quantitative estimate of drug-likeness (QED) is 0.403. The molecule has 4 aliphatic rings. The lowest BCUT2D eigenvalue weighted by Gasteiger charge is -2.37. The Morgan fingerprint density at radius 1 is 1.05 bits per heavy atom. The van der Waals surface area contributed by atoms with Gasteiger partial charge in [0.05, 0.1) is 41.4 Å². The number of aromatic nitrogens is 3. The van der Waals surface area contributed by atoms with Gasteiger partial charge in [0.15, 0.2) is 0 Å². The fourth-order valence-electron chi connectivity index (χ4n) is 7.12. The highest BCUT2D eigenvalue weighted by Crippen LogP contribution is 2.61. The van der Waals surface area contributed by atoms with Gasteiger partial charge in [0.1, 0.15) is 24.0 Å². The van der Waals surface area contributed by atoms with Crippen LogP contribution in [-0.4, -0.2) is 96.0 Å². The van der Waals surface area contributed by atoms with Gasteiger partial charge in [-0.05, 0) is 50.2 Å². The summed E-state index contributed by atoms with van der Waals surface area (Å²) in [6.45, 7) is 4.74. The molecule has 1 spiro atoms. The molecule has 0 radical (unpaired) electrons. The van der Waals surface area contributed by atoms with Crippen molar-refractivity contribution in [2.45, 2.75) is 42.6 Å². The molecule has 1 unspecified atom stereocenters. The van der Waals surface area contributed by atoms with Gasteiger partial charge in [-0.25, -0.2) is 4.68 Å². The van der Waals surface area contributed by atoms with Crippen LogP contribution in [0.5, 0.6) is 5.75 Å². The molecule has 3 amide bonds. The number of anilines is 1. The van der Waals surface area contributed by atoms with Gasteiger partial charge in [0, 0.05) is 24.0 Å². The minimum atomic E-state index is -0.978. The van der Waals surface area contributed by atoms with E-state index in [-0.39, 0.29) is 36.2 Å². The van der Waals surface area contributed by atoms with Crippen LogP contribution in [0.25, 0.3) is 11.0 Å². The first kappa shape index (κ1) is 28.6. The van der Waals surface area contributed by atoms with Crippen molar-refractivity contribution in [1.29, 1.82) is 0 Å². The highest BCUT2D eigenvalue weighted by molar-refractivity contribution is 8.02. The van der Waals surface area contributed by atoms with Crippen molar-refractivity contribution in [1.82, 2.24) is 24.8 Å². The summed E-state index contributed by atoms with van der Waals surface area (Å²) in [4.78, 5) is 48.3. The number of para-hydroxylation sites is 1. The van der Waals surface area contributed by atoms with Crippen molar-refractivity contribution in [2.24, 2.45) is 11.8 Å². The third kappa shape index (κ3) is 4.34. The topological polar surface area (TPSA) is 121 Å². The van der Waals surface area contributed by atoms with Gasteiger partial charge in [-0.1, -0.05) is 41.7 Å². The first-order valence-electron chi connectivity index (χ1n) is 14.9. The van der Waals surface area contributed by atoms with E-state index >= 15 is 0 Å². The Balaban J connectivity index is 1.25. The van der Waals surface area contributed by atoms with E-state index in [1.54, 1.807) is 21.4 Å². The maximum Gasteiger partial charge on any atom is 0.248 e. The zero-order valence-electron chi connectivity index (χ0n) is 24.5. The molecule has 7 rings (SSSR count). The number of nitrogens with zero attached hydrogens (tertiary/aromatic N) is 6. The molecule has 6 atom stereocenters. The summed E-state index contributed by atoms with van der Waals surface area (Å²) in [5.74, 6) is -1.41. The average Bonchev–Trinajstić information content (AvgIpc) is 3.59. The Morgan fingerprint density at radius 2 is 1.84 bits per heavy atom. The Morgan fingerprint density at radius 3 is 2.61 bits per heavy atom. The van der Waals surface area contributed by atoms with Gasteiger partial charge in [-0.15, -0.1) is 16.9 Å². The molecular formula is C32H34N6O5S. The second-order valence-corrected chi connectivity index (χ2v) is 13.1. The number of aliphatic hydroxyl groups is 1. The number of amides is 3. The molecule has 4 aliphatic heterocycles. The van der Waals surface area contributed by atoms with Gasteiger partial charge in [0.25, 0.3) is 0 Å². The summed E-state index contributed by atoms with van der Waals surface area (Å²) in [5, 5.41) is 18.4. The van der Waals surface area contributed by atoms with Crippen LogP contribution in [0.4, 0.5) is 5.69 Å². The van der Waals surface area contributed by atoms with Crippen molar-refractivity contribution in [3.63, 3.8) is 0 Å². The lowest BCUT2D eigenvalue weighted by atomic mass is 9.78. The van der Waals surface area contributed by atoms with Gasteiger partial charge in [0.2, 0.25) is 17.7 Å². The predicted octanol–water partition coefficient (Wildman–Crippen LogP) is 2.47. The number of benzene rings is 2. The summed E-state index contributed by atoms with van der Waals surface area (Å²) in [6, 6.07) is 13.4. The van der Waals surface area contributed by atoms with Crippen molar-refractivity contribution in [2.75, 3.05) is 31.2 Å². The van der Waals surface area contributed by atoms with Crippen LogP contribution in [0.2, 0.25) is 0 Å². The Bertz CT molecular complexity index is 1670. The summed E-state index contributed by atoms with van der Waals surface area (Å²) in [7, 11) is 0. The van der Waals surface area contributed by atoms with Crippen molar-refractivity contribution in [3.05, 3.63) is 72.8 Å². The standard InChI is InChI=1S/C32H34N6O5S/c1-3-43-22-13-11-21(12-14-22)36-17-6-10-25-26(29(36)40)27-30(41)38(20(2)18-39)28-31(42)35(16-7-15-32(27,28)44-25)19-37-24-9-5-4-8-23(24)33-34-37/h4-15,20,25-28,39H,3,16-19H2,1-2H3/t20-,25+,26-,27+,28?,32+/m1/s1. The van der Waals surface area contributed by atoms with Crippen LogP contribution >= 0.6 is 11.8 Å². The third-order valence-electron chi connectivity index (χ3n) is 9.10. The van der Waals surface area contributed by atoms with Crippen molar-refractivity contribution < 1.29 is 24.2 Å². The third-order valence-corrected chi connectivity index (χ3v) is 10.8. The Labute approximate surface area is 259 Å². The molecule has 2 fully saturated rings. The van der Waals surface area contributed by atoms with Crippen LogP contribution < -0.4 is 9.64 Å². The first-order chi connectivity index (χ1) is 21.4. The van der Waals surface area contributed by atoms with E-state index in [0.717, 1.165) is 22.5 Å². The number of thioether (sulfide) groups is 1. The number of likely N-dealkylation sites (tertiary alicyclic amines) is 1. The number of carbonyl (C=O) groups excluding carboxylic acids is 3. The molecule has 11 nitrogen and oxygen atoms in total. The first-order valence-corrected chi connectivity index (χ1v) is 15.8. The number of carbonyl (C=O) groups is 3. The van der Waals surface area contributed by atoms with Gasteiger partial charge in [-0.2, -0.15) is 0 Å².